The molecular formula is C12H15N5O2. The van der Waals surface area contributed by atoms with E-state index in [2.05, 4.69) is 20.3 Å². The van der Waals surface area contributed by atoms with Crippen LogP contribution in [0, 0.1) is 0 Å². The first-order valence-corrected chi connectivity index (χ1v) is 6.10. The number of methoxy groups -OCH3 is 1. The zero-order valence-corrected chi connectivity index (χ0v) is 10.6. The number of aromatic nitrogens is 3. The Morgan fingerprint density at radius 3 is 3.11 bits per heavy atom. The van der Waals surface area contributed by atoms with Gasteiger partial charge in [-0.3, -0.25) is 4.79 Å². The molecule has 0 atom stereocenters. The van der Waals surface area contributed by atoms with E-state index >= 15 is 0 Å². The molecular weight excluding hydrogens is 246 g/mol. The SMILES string of the molecule is COCC(=O)NC1CN(c2ccnc3ccnn23)C1. The van der Waals surface area contributed by atoms with E-state index in [0.717, 1.165) is 24.6 Å². The summed E-state index contributed by atoms with van der Waals surface area (Å²) in [5, 5.41) is 7.15. The summed E-state index contributed by atoms with van der Waals surface area (Å²) < 4.78 is 6.58. The van der Waals surface area contributed by atoms with Crippen molar-refractivity contribution in [3.05, 3.63) is 24.5 Å². The lowest BCUT2D eigenvalue weighted by atomic mass is 10.1. The maximum absolute atomic E-state index is 11.4. The highest BCUT2D eigenvalue weighted by molar-refractivity contribution is 5.78. The molecule has 1 N–H and O–H groups in total. The van der Waals surface area contributed by atoms with Crippen molar-refractivity contribution in [2.75, 3.05) is 31.7 Å². The average Bonchev–Trinajstić information content (AvgIpc) is 2.82. The van der Waals surface area contributed by atoms with Crippen LogP contribution in [0.2, 0.25) is 0 Å². The number of hydrogen-bond donors (Lipinski definition) is 1. The number of nitrogens with one attached hydrogen (secondary N) is 1. The van der Waals surface area contributed by atoms with Crippen molar-refractivity contribution in [2.45, 2.75) is 6.04 Å². The Hall–Kier alpha value is -2.15. The van der Waals surface area contributed by atoms with Gasteiger partial charge in [0, 0.05) is 32.5 Å². The van der Waals surface area contributed by atoms with Crippen LogP contribution < -0.4 is 10.2 Å². The van der Waals surface area contributed by atoms with Crippen molar-refractivity contribution in [2.24, 2.45) is 0 Å². The fraction of sp³-hybridized carbons (Fsp3) is 0.417. The van der Waals surface area contributed by atoms with Crippen molar-refractivity contribution >= 4 is 17.4 Å². The molecule has 0 aliphatic carbocycles. The molecule has 0 saturated carbocycles. The number of nitrogens with zero attached hydrogens (tertiary/aromatic N) is 4. The lowest BCUT2D eigenvalue weighted by Crippen LogP contribution is -2.60. The molecule has 19 heavy (non-hydrogen) atoms. The molecule has 1 fully saturated rings. The summed E-state index contributed by atoms with van der Waals surface area (Å²) in [6.45, 7) is 1.65. The summed E-state index contributed by atoms with van der Waals surface area (Å²) >= 11 is 0. The second-order valence-corrected chi connectivity index (χ2v) is 4.51. The Kier molecular flexibility index (Phi) is 3.04. The third kappa shape index (κ3) is 2.24. The number of carbonyl (C=O) groups excluding carboxylic acids is 1. The molecule has 0 radical (unpaired) electrons. The molecule has 7 nitrogen and oxygen atoms in total. The number of anilines is 1. The van der Waals surface area contributed by atoms with Gasteiger partial charge in [-0.2, -0.15) is 9.61 Å². The normalized spacial score (nSPS) is 15.5. The zero-order chi connectivity index (χ0) is 13.2. The number of carbonyl (C=O) groups is 1. The highest BCUT2D eigenvalue weighted by atomic mass is 16.5. The number of amides is 1. The lowest BCUT2D eigenvalue weighted by Gasteiger charge is -2.40. The van der Waals surface area contributed by atoms with E-state index in [1.54, 1.807) is 16.9 Å². The average molecular weight is 261 g/mol. The standard InChI is InChI=1S/C12H15N5O2/c1-19-8-11(18)15-9-6-16(7-9)12-3-4-13-10-2-5-14-17(10)12/h2-5,9H,6-8H2,1H3,(H,15,18). The maximum atomic E-state index is 11.4. The molecule has 0 unspecified atom stereocenters. The van der Waals surface area contributed by atoms with Gasteiger partial charge in [0.2, 0.25) is 5.91 Å². The highest BCUT2D eigenvalue weighted by Gasteiger charge is 2.29. The van der Waals surface area contributed by atoms with Crippen LogP contribution >= 0.6 is 0 Å². The summed E-state index contributed by atoms with van der Waals surface area (Å²) in [5.74, 6) is 0.915. The van der Waals surface area contributed by atoms with E-state index in [4.69, 9.17) is 4.74 Å². The third-order valence-electron chi connectivity index (χ3n) is 3.12. The summed E-state index contributed by atoms with van der Waals surface area (Å²) in [4.78, 5) is 17.8. The van der Waals surface area contributed by atoms with Gasteiger partial charge in [-0.05, 0) is 6.07 Å². The van der Waals surface area contributed by atoms with Crippen LogP contribution in [0.15, 0.2) is 24.5 Å². The Labute approximate surface area is 110 Å². The largest absolute Gasteiger partial charge is 0.375 e. The molecule has 1 amide bonds. The van der Waals surface area contributed by atoms with Crippen LogP contribution in [0.5, 0.6) is 0 Å². The van der Waals surface area contributed by atoms with E-state index in [1.807, 2.05) is 12.1 Å². The Bertz CT molecular complexity index is 591. The van der Waals surface area contributed by atoms with Gasteiger partial charge in [-0.25, -0.2) is 4.98 Å². The topological polar surface area (TPSA) is 71.8 Å². The quantitative estimate of drug-likeness (QED) is 0.816. The first-order valence-electron chi connectivity index (χ1n) is 6.10. The van der Waals surface area contributed by atoms with Gasteiger partial charge in [0.05, 0.1) is 12.2 Å². The third-order valence-corrected chi connectivity index (χ3v) is 3.12. The van der Waals surface area contributed by atoms with Gasteiger partial charge >= 0.3 is 0 Å². The fourth-order valence-electron chi connectivity index (χ4n) is 2.22. The van der Waals surface area contributed by atoms with Crippen LogP contribution in [0.4, 0.5) is 5.82 Å². The van der Waals surface area contributed by atoms with Gasteiger partial charge in [-0.15, -0.1) is 0 Å². The summed E-state index contributed by atoms with van der Waals surface area (Å²) in [6, 6.07) is 3.95. The van der Waals surface area contributed by atoms with E-state index in [1.165, 1.54) is 7.11 Å². The summed E-state index contributed by atoms with van der Waals surface area (Å²) in [5.41, 5.74) is 0.823. The molecule has 1 aliphatic rings. The Balaban J connectivity index is 1.64. The van der Waals surface area contributed by atoms with Crippen molar-refractivity contribution in [1.29, 1.82) is 0 Å². The van der Waals surface area contributed by atoms with Crippen LogP contribution in [-0.4, -0.2) is 53.4 Å². The van der Waals surface area contributed by atoms with E-state index in [9.17, 15) is 4.79 Å². The smallest absolute Gasteiger partial charge is 0.246 e. The first kappa shape index (κ1) is 11.9. The van der Waals surface area contributed by atoms with Crippen LogP contribution in [0.3, 0.4) is 0 Å². The predicted octanol–water partition coefficient (Wildman–Crippen LogP) is -0.320. The number of ether oxygens (including phenoxy) is 1. The minimum absolute atomic E-state index is 0.0777. The van der Waals surface area contributed by atoms with E-state index in [0.29, 0.717) is 0 Å². The zero-order valence-electron chi connectivity index (χ0n) is 10.6. The van der Waals surface area contributed by atoms with Crippen LogP contribution in [-0.2, 0) is 9.53 Å². The predicted molar refractivity (Wildman–Crippen MR) is 69.0 cm³/mol. The number of rotatable bonds is 4. The van der Waals surface area contributed by atoms with Gasteiger partial charge in [-0.1, -0.05) is 0 Å². The number of hydrogen-bond acceptors (Lipinski definition) is 5. The molecule has 2 aromatic heterocycles. The summed E-state index contributed by atoms with van der Waals surface area (Å²) in [6.07, 6.45) is 3.49. The van der Waals surface area contributed by atoms with Gasteiger partial charge in [0.25, 0.3) is 0 Å². The monoisotopic (exact) mass is 261 g/mol. The first-order chi connectivity index (χ1) is 9.28. The minimum Gasteiger partial charge on any atom is -0.375 e. The maximum Gasteiger partial charge on any atom is 0.246 e. The van der Waals surface area contributed by atoms with Crippen LogP contribution in [0.1, 0.15) is 0 Å². The fourth-order valence-corrected chi connectivity index (χ4v) is 2.22. The van der Waals surface area contributed by atoms with Gasteiger partial charge in [0.1, 0.15) is 12.4 Å². The van der Waals surface area contributed by atoms with Gasteiger partial charge < -0.3 is 15.0 Å². The second kappa shape index (κ2) is 4.85. The Morgan fingerprint density at radius 2 is 2.32 bits per heavy atom. The van der Waals surface area contributed by atoms with E-state index < -0.39 is 0 Å². The second-order valence-electron chi connectivity index (χ2n) is 4.51. The molecule has 100 valence electrons. The number of fused-ring (bicyclic) bond motifs is 1. The highest BCUT2D eigenvalue weighted by Crippen LogP contribution is 2.20. The van der Waals surface area contributed by atoms with Crippen molar-refractivity contribution in [1.82, 2.24) is 19.9 Å². The summed E-state index contributed by atoms with van der Waals surface area (Å²) in [7, 11) is 1.51. The van der Waals surface area contributed by atoms with Crippen molar-refractivity contribution < 1.29 is 9.53 Å². The molecule has 2 aromatic rings. The van der Waals surface area contributed by atoms with Crippen molar-refractivity contribution in [3.63, 3.8) is 0 Å². The molecule has 0 spiro atoms. The molecule has 0 aromatic carbocycles. The molecule has 0 bridgehead atoms. The molecule has 3 rings (SSSR count). The van der Waals surface area contributed by atoms with E-state index in [-0.39, 0.29) is 18.6 Å². The lowest BCUT2D eigenvalue weighted by molar-refractivity contribution is -0.125. The van der Waals surface area contributed by atoms with Crippen molar-refractivity contribution in [3.8, 4) is 0 Å². The molecule has 3 heterocycles. The molecule has 1 saturated heterocycles. The molecule has 1 aliphatic heterocycles. The van der Waals surface area contributed by atoms with Crippen LogP contribution in [0.25, 0.3) is 5.65 Å². The Morgan fingerprint density at radius 1 is 1.47 bits per heavy atom. The molecule has 7 heteroatoms. The van der Waals surface area contributed by atoms with Gasteiger partial charge in [0.15, 0.2) is 5.65 Å². The minimum atomic E-state index is -0.0777.